The van der Waals surface area contributed by atoms with Gasteiger partial charge in [-0.15, -0.1) is 10.2 Å². The second-order valence-corrected chi connectivity index (χ2v) is 6.94. The van der Waals surface area contributed by atoms with E-state index in [2.05, 4.69) is 26.1 Å². The lowest BCUT2D eigenvalue weighted by molar-refractivity contribution is 0.244. The van der Waals surface area contributed by atoms with Crippen molar-refractivity contribution in [3.05, 3.63) is 59.9 Å². The first-order chi connectivity index (χ1) is 13.7. The molecule has 0 bridgehead atoms. The summed E-state index contributed by atoms with van der Waals surface area (Å²) in [5, 5.41) is 8.56. The molecule has 0 N–H and O–H groups in total. The fourth-order valence-corrected chi connectivity index (χ4v) is 3.65. The number of benzene rings is 2. The van der Waals surface area contributed by atoms with E-state index >= 15 is 0 Å². The quantitative estimate of drug-likeness (QED) is 0.680. The highest BCUT2D eigenvalue weighted by Gasteiger charge is 2.23. The molecular formula is C21H24FN5O. The molecule has 146 valence electrons. The van der Waals surface area contributed by atoms with Gasteiger partial charge in [0, 0.05) is 45.3 Å². The number of para-hydroxylation sites is 1. The first-order valence-electron chi connectivity index (χ1n) is 9.41. The number of anilines is 1. The van der Waals surface area contributed by atoms with Crippen LogP contribution in [0.15, 0.2) is 48.5 Å². The number of hydrogen-bond donors (Lipinski definition) is 0. The summed E-state index contributed by atoms with van der Waals surface area (Å²) in [7, 11) is 3.59. The van der Waals surface area contributed by atoms with E-state index in [-0.39, 0.29) is 5.82 Å². The second kappa shape index (κ2) is 7.98. The molecule has 7 heteroatoms. The van der Waals surface area contributed by atoms with Crippen molar-refractivity contribution in [1.82, 2.24) is 19.7 Å². The van der Waals surface area contributed by atoms with Crippen LogP contribution >= 0.6 is 0 Å². The largest absolute Gasteiger partial charge is 0.496 e. The van der Waals surface area contributed by atoms with Gasteiger partial charge in [0.25, 0.3) is 0 Å². The fraction of sp³-hybridized carbons (Fsp3) is 0.333. The van der Waals surface area contributed by atoms with E-state index in [0.29, 0.717) is 11.4 Å². The molecule has 2 heterocycles. The third-order valence-electron chi connectivity index (χ3n) is 5.21. The second-order valence-electron chi connectivity index (χ2n) is 6.94. The molecule has 0 amide bonds. The highest BCUT2D eigenvalue weighted by atomic mass is 19.1. The minimum Gasteiger partial charge on any atom is -0.496 e. The summed E-state index contributed by atoms with van der Waals surface area (Å²) in [6.07, 6.45) is 0. The number of halogens is 1. The summed E-state index contributed by atoms with van der Waals surface area (Å²) in [6, 6.07) is 14.8. The zero-order chi connectivity index (χ0) is 19.5. The smallest absolute Gasteiger partial charge is 0.227 e. The molecule has 4 rings (SSSR count). The fourth-order valence-electron chi connectivity index (χ4n) is 3.65. The Morgan fingerprint density at radius 3 is 2.43 bits per heavy atom. The van der Waals surface area contributed by atoms with Crippen LogP contribution in [0.25, 0.3) is 11.4 Å². The molecule has 0 atom stereocenters. The predicted octanol–water partition coefficient (Wildman–Crippen LogP) is 2.95. The van der Waals surface area contributed by atoms with Crippen molar-refractivity contribution in [3.8, 4) is 17.1 Å². The Balaban J connectivity index is 1.44. The first kappa shape index (κ1) is 18.4. The van der Waals surface area contributed by atoms with Crippen LogP contribution in [0.5, 0.6) is 5.75 Å². The maximum atomic E-state index is 14.1. The van der Waals surface area contributed by atoms with Gasteiger partial charge in [-0.3, -0.25) is 9.47 Å². The lowest BCUT2D eigenvalue weighted by Gasteiger charge is -2.35. The standard InChI is InChI=1S/C21H24FN5O/c1-25-20(17-8-4-5-9-18(17)22)23-24-21(25)27-13-11-26(12-14-27)15-16-7-3-6-10-19(16)28-2/h3-10H,11-15H2,1-2H3. The summed E-state index contributed by atoms with van der Waals surface area (Å²) in [5.41, 5.74) is 1.66. The molecule has 28 heavy (non-hydrogen) atoms. The Bertz CT molecular complexity index is 949. The van der Waals surface area contributed by atoms with Crippen molar-refractivity contribution >= 4 is 5.95 Å². The zero-order valence-electron chi connectivity index (χ0n) is 16.2. The number of ether oxygens (including phenoxy) is 1. The van der Waals surface area contributed by atoms with Gasteiger partial charge in [-0.05, 0) is 18.2 Å². The molecule has 1 fully saturated rings. The first-order valence-corrected chi connectivity index (χ1v) is 9.41. The molecular weight excluding hydrogens is 357 g/mol. The van der Waals surface area contributed by atoms with Gasteiger partial charge in [0.1, 0.15) is 11.6 Å². The van der Waals surface area contributed by atoms with Gasteiger partial charge in [0.2, 0.25) is 5.95 Å². The summed E-state index contributed by atoms with van der Waals surface area (Å²) < 4.78 is 21.4. The maximum Gasteiger partial charge on any atom is 0.227 e. The van der Waals surface area contributed by atoms with Crippen molar-refractivity contribution in [3.63, 3.8) is 0 Å². The zero-order valence-corrected chi connectivity index (χ0v) is 16.2. The minimum atomic E-state index is -0.286. The average molecular weight is 381 g/mol. The van der Waals surface area contributed by atoms with Crippen LogP contribution < -0.4 is 9.64 Å². The summed E-state index contributed by atoms with van der Waals surface area (Å²) >= 11 is 0. The number of nitrogens with zero attached hydrogens (tertiary/aromatic N) is 5. The van der Waals surface area contributed by atoms with E-state index in [9.17, 15) is 4.39 Å². The van der Waals surface area contributed by atoms with Gasteiger partial charge in [0.05, 0.1) is 12.7 Å². The van der Waals surface area contributed by atoms with Gasteiger partial charge in [0.15, 0.2) is 5.82 Å². The van der Waals surface area contributed by atoms with E-state index in [1.165, 1.54) is 11.6 Å². The molecule has 2 aromatic carbocycles. The van der Waals surface area contributed by atoms with Crippen molar-refractivity contribution in [2.75, 3.05) is 38.2 Å². The Labute approximate surface area is 164 Å². The van der Waals surface area contributed by atoms with Gasteiger partial charge >= 0.3 is 0 Å². The highest BCUT2D eigenvalue weighted by Crippen LogP contribution is 2.25. The van der Waals surface area contributed by atoms with Crippen molar-refractivity contribution in [1.29, 1.82) is 0 Å². The Kier molecular flexibility index (Phi) is 5.25. The molecule has 1 saturated heterocycles. The SMILES string of the molecule is COc1ccccc1CN1CCN(c2nnc(-c3ccccc3F)n2C)CC1. The Morgan fingerprint density at radius 1 is 0.964 bits per heavy atom. The summed E-state index contributed by atoms with van der Waals surface area (Å²) in [4.78, 5) is 4.61. The summed E-state index contributed by atoms with van der Waals surface area (Å²) in [6.45, 7) is 4.38. The van der Waals surface area contributed by atoms with Crippen molar-refractivity contribution < 1.29 is 9.13 Å². The molecule has 0 unspecified atom stereocenters. The van der Waals surface area contributed by atoms with Crippen LogP contribution in [0, 0.1) is 5.82 Å². The molecule has 1 aromatic heterocycles. The highest BCUT2D eigenvalue weighted by molar-refractivity contribution is 5.58. The van der Waals surface area contributed by atoms with Crippen LogP contribution in [0.1, 0.15) is 5.56 Å². The normalized spacial score (nSPS) is 15.0. The molecule has 0 saturated carbocycles. The monoisotopic (exact) mass is 381 g/mol. The Hall–Kier alpha value is -2.93. The topological polar surface area (TPSA) is 46.4 Å². The van der Waals surface area contributed by atoms with Crippen LogP contribution in [-0.4, -0.2) is 53.0 Å². The van der Waals surface area contributed by atoms with Gasteiger partial charge in [-0.1, -0.05) is 30.3 Å². The predicted molar refractivity (Wildman–Crippen MR) is 107 cm³/mol. The third-order valence-corrected chi connectivity index (χ3v) is 5.21. The van der Waals surface area contributed by atoms with Crippen LogP contribution in [0.4, 0.5) is 10.3 Å². The third kappa shape index (κ3) is 3.57. The van der Waals surface area contributed by atoms with Crippen molar-refractivity contribution in [2.24, 2.45) is 7.05 Å². The molecule has 1 aliphatic heterocycles. The van der Waals surface area contributed by atoms with Crippen molar-refractivity contribution in [2.45, 2.75) is 6.54 Å². The van der Waals surface area contributed by atoms with E-state index in [1.54, 1.807) is 19.2 Å². The van der Waals surface area contributed by atoms with Crippen LogP contribution in [0.3, 0.4) is 0 Å². The minimum absolute atomic E-state index is 0.286. The summed E-state index contributed by atoms with van der Waals surface area (Å²) in [5.74, 6) is 1.96. The average Bonchev–Trinajstić information content (AvgIpc) is 3.10. The molecule has 6 nitrogen and oxygen atoms in total. The molecule has 0 spiro atoms. The van der Waals surface area contributed by atoms with Crippen LogP contribution in [0.2, 0.25) is 0 Å². The van der Waals surface area contributed by atoms with Gasteiger partial charge in [-0.2, -0.15) is 0 Å². The number of hydrogen-bond acceptors (Lipinski definition) is 5. The van der Waals surface area contributed by atoms with E-state index in [1.807, 2.05) is 35.9 Å². The molecule has 0 radical (unpaired) electrons. The van der Waals surface area contributed by atoms with Crippen LogP contribution in [-0.2, 0) is 13.6 Å². The van der Waals surface area contributed by atoms with E-state index in [4.69, 9.17) is 4.74 Å². The van der Waals surface area contributed by atoms with E-state index < -0.39 is 0 Å². The maximum absolute atomic E-state index is 14.1. The molecule has 1 aliphatic rings. The number of piperazine rings is 1. The number of aromatic nitrogens is 3. The van der Waals surface area contributed by atoms with Gasteiger partial charge < -0.3 is 9.64 Å². The number of methoxy groups -OCH3 is 1. The van der Waals surface area contributed by atoms with E-state index in [0.717, 1.165) is 44.4 Å². The molecule has 3 aromatic rings. The van der Waals surface area contributed by atoms with Gasteiger partial charge in [-0.25, -0.2) is 4.39 Å². The lowest BCUT2D eigenvalue weighted by atomic mass is 10.1. The molecule has 0 aliphatic carbocycles. The lowest BCUT2D eigenvalue weighted by Crippen LogP contribution is -2.46. The number of rotatable bonds is 5. The Morgan fingerprint density at radius 2 is 1.68 bits per heavy atom.